The van der Waals surface area contributed by atoms with Crippen LogP contribution in [0, 0.1) is 0 Å². The van der Waals surface area contributed by atoms with Crippen LogP contribution >= 0.6 is 0 Å². The molecule has 0 aliphatic carbocycles. The maximum Gasteiger partial charge on any atom is 0.227 e. The van der Waals surface area contributed by atoms with Gasteiger partial charge in [-0.15, -0.1) is 0 Å². The summed E-state index contributed by atoms with van der Waals surface area (Å²) in [4.78, 5) is 11.8. The van der Waals surface area contributed by atoms with Crippen LogP contribution < -0.4 is 16.4 Å². The molecular weight excluding hydrogens is 242 g/mol. The van der Waals surface area contributed by atoms with Crippen LogP contribution in [0.4, 0.5) is 11.4 Å². The Morgan fingerprint density at radius 3 is 3.16 bits per heavy atom. The predicted octanol–water partition coefficient (Wildman–Crippen LogP) is 1.35. The van der Waals surface area contributed by atoms with E-state index in [-0.39, 0.29) is 18.4 Å². The van der Waals surface area contributed by atoms with Crippen LogP contribution in [-0.2, 0) is 16.0 Å². The number of amides is 1. The first-order chi connectivity index (χ1) is 9.22. The zero-order valence-corrected chi connectivity index (χ0v) is 11.2. The average molecular weight is 263 g/mol. The third kappa shape index (κ3) is 3.68. The Hall–Kier alpha value is -1.59. The Morgan fingerprint density at radius 2 is 2.42 bits per heavy atom. The molecule has 0 fully saturated rings. The molecule has 1 aromatic carbocycles. The number of fused-ring (bicyclic) bond motifs is 1. The van der Waals surface area contributed by atoms with Crippen LogP contribution in [0.3, 0.4) is 0 Å². The summed E-state index contributed by atoms with van der Waals surface area (Å²) in [6.07, 6.45) is 2.24. The van der Waals surface area contributed by atoms with Crippen LogP contribution in [-0.4, -0.2) is 32.2 Å². The van der Waals surface area contributed by atoms with E-state index in [9.17, 15) is 4.79 Å². The predicted molar refractivity (Wildman–Crippen MR) is 76.4 cm³/mol. The van der Waals surface area contributed by atoms with E-state index in [0.29, 0.717) is 6.54 Å². The Balaban J connectivity index is 1.97. The fraction of sp³-hybridized carbons (Fsp3) is 0.500. The van der Waals surface area contributed by atoms with E-state index in [1.165, 1.54) is 11.3 Å². The van der Waals surface area contributed by atoms with Gasteiger partial charge in [-0.3, -0.25) is 4.79 Å². The summed E-state index contributed by atoms with van der Waals surface area (Å²) in [6, 6.07) is 5.96. The van der Waals surface area contributed by atoms with Gasteiger partial charge in [0.1, 0.15) is 0 Å². The molecule has 0 saturated heterocycles. The second-order valence-corrected chi connectivity index (χ2v) is 4.75. The number of nitrogens with two attached hydrogens (primary N) is 1. The molecule has 5 heteroatoms. The third-order valence-electron chi connectivity index (χ3n) is 3.34. The van der Waals surface area contributed by atoms with Gasteiger partial charge in [0, 0.05) is 31.6 Å². The molecule has 0 aromatic heterocycles. The molecule has 0 radical (unpaired) electrons. The van der Waals surface area contributed by atoms with Crippen molar-refractivity contribution < 1.29 is 9.53 Å². The van der Waals surface area contributed by atoms with Gasteiger partial charge >= 0.3 is 0 Å². The minimum absolute atomic E-state index is 0.0685. The first-order valence-corrected chi connectivity index (χ1v) is 6.62. The number of hydrogen-bond donors (Lipinski definition) is 3. The first-order valence-electron chi connectivity index (χ1n) is 6.62. The van der Waals surface area contributed by atoms with Crippen LogP contribution in [0.2, 0.25) is 0 Å². The molecule has 1 aliphatic rings. The van der Waals surface area contributed by atoms with Gasteiger partial charge in [0.25, 0.3) is 0 Å². The lowest BCUT2D eigenvalue weighted by molar-refractivity contribution is -0.118. The number of benzene rings is 1. The lowest BCUT2D eigenvalue weighted by atomic mass is 10.0. The third-order valence-corrected chi connectivity index (χ3v) is 3.34. The van der Waals surface area contributed by atoms with E-state index >= 15 is 0 Å². The maximum absolute atomic E-state index is 11.8. The van der Waals surface area contributed by atoms with Gasteiger partial charge < -0.3 is 21.1 Å². The molecule has 19 heavy (non-hydrogen) atoms. The highest BCUT2D eigenvalue weighted by Crippen LogP contribution is 2.25. The van der Waals surface area contributed by atoms with Crippen molar-refractivity contribution in [1.29, 1.82) is 0 Å². The van der Waals surface area contributed by atoms with E-state index in [4.69, 9.17) is 10.5 Å². The molecule has 5 nitrogen and oxygen atoms in total. The summed E-state index contributed by atoms with van der Waals surface area (Å²) in [7, 11) is 1.56. The zero-order chi connectivity index (χ0) is 13.7. The lowest BCUT2D eigenvalue weighted by Gasteiger charge is -2.19. The minimum atomic E-state index is -0.223. The van der Waals surface area contributed by atoms with Gasteiger partial charge in [-0.1, -0.05) is 0 Å². The first kappa shape index (κ1) is 13.8. The number of aryl methyl sites for hydroxylation is 1. The molecule has 1 amide bonds. The maximum atomic E-state index is 11.8. The van der Waals surface area contributed by atoms with Crippen LogP contribution in [0.25, 0.3) is 0 Å². The van der Waals surface area contributed by atoms with Crippen LogP contribution in [0.15, 0.2) is 18.2 Å². The second kappa shape index (κ2) is 6.54. The van der Waals surface area contributed by atoms with E-state index in [0.717, 1.165) is 25.1 Å². The molecule has 1 aromatic rings. The van der Waals surface area contributed by atoms with E-state index in [2.05, 4.69) is 10.6 Å². The minimum Gasteiger partial charge on any atom is -0.385 e. The van der Waals surface area contributed by atoms with Gasteiger partial charge in [-0.05, 0) is 36.6 Å². The number of hydrogen-bond acceptors (Lipinski definition) is 4. The highest BCUT2D eigenvalue weighted by molar-refractivity contribution is 5.91. The van der Waals surface area contributed by atoms with Crippen molar-refractivity contribution in [1.82, 2.24) is 0 Å². The standard InChI is InChI=1S/C14H21N3O2/c1-19-12(9-15)8-14(18)17-11-4-5-13-10(7-11)3-2-6-16-13/h4-5,7,12,16H,2-3,6,8-9,15H2,1H3,(H,17,18). The topological polar surface area (TPSA) is 76.4 Å². The highest BCUT2D eigenvalue weighted by Gasteiger charge is 2.13. The van der Waals surface area contributed by atoms with Crippen molar-refractivity contribution >= 4 is 17.3 Å². The second-order valence-electron chi connectivity index (χ2n) is 4.75. The molecule has 4 N–H and O–H groups in total. The summed E-state index contributed by atoms with van der Waals surface area (Å²) in [5.41, 5.74) is 8.76. The van der Waals surface area contributed by atoms with Gasteiger partial charge in [0.05, 0.1) is 12.5 Å². The van der Waals surface area contributed by atoms with Crippen molar-refractivity contribution in [3.63, 3.8) is 0 Å². The molecular formula is C14H21N3O2. The molecule has 1 heterocycles. The molecule has 0 bridgehead atoms. The zero-order valence-electron chi connectivity index (χ0n) is 11.2. The summed E-state index contributed by atoms with van der Waals surface area (Å²) in [5, 5.41) is 6.23. The Morgan fingerprint density at radius 1 is 1.58 bits per heavy atom. The number of methoxy groups -OCH3 is 1. The van der Waals surface area contributed by atoms with E-state index in [1.807, 2.05) is 18.2 Å². The summed E-state index contributed by atoms with van der Waals surface area (Å²) < 4.78 is 5.10. The fourth-order valence-electron chi connectivity index (χ4n) is 2.23. The molecule has 1 unspecified atom stereocenters. The van der Waals surface area contributed by atoms with Crippen LogP contribution in [0.5, 0.6) is 0 Å². The fourth-order valence-corrected chi connectivity index (χ4v) is 2.23. The molecule has 1 aliphatic heterocycles. The Bertz CT molecular complexity index is 444. The van der Waals surface area contributed by atoms with Crippen molar-refractivity contribution in [2.75, 3.05) is 30.8 Å². The van der Waals surface area contributed by atoms with Crippen molar-refractivity contribution in [3.8, 4) is 0 Å². The smallest absolute Gasteiger partial charge is 0.227 e. The van der Waals surface area contributed by atoms with Crippen molar-refractivity contribution in [2.45, 2.75) is 25.4 Å². The summed E-state index contributed by atoms with van der Waals surface area (Å²) >= 11 is 0. The quantitative estimate of drug-likeness (QED) is 0.749. The molecule has 104 valence electrons. The van der Waals surface area contributed by atoms with Crippen molar-refractivity contribution in [2.24, 2.45) is 5.73 Å². The van der Waals surface area contributed by atoms with Gasteiger partial charge in [0.15, 0.2) is 0 Å². The number of carbonyl (C=O) groups excluding carboxylic acids is 1. The number of nitrogens with one attached hydrogen (secondary N) is 2. The lowest BCUT2D eigenvalue weighted by Crippen LogP contribution is -2.28. The molecule has 0 saturated carbocycles. The largest absolute Gasteiger partial charge is 0.385 e. The number of anilines is 2. The monoisotopic (exact) mass is 263 g/mol. The number of ether oxygens (including phenoxy) is 1. The average Bonchev–Trinajstić information content (AvgIpc) is 2.44. The summed E-state index contributed by atoms with van der Waals surface area (Å²) in [6.45, 7) is 1.36. The number of rotatable bonds is 5. The van der Waals surface area contributed by atoms with Gasteiger partial charge in [-0.25, -0.2) is 0 Å². The Kier molecular flexibility index (Phi) is 4.76. The number of carbonyl (C=O) groups is 1. The molecule has 2 rings (SSSR count). The SMILES string of the molecule is COC(CN)CC(=O)Nc1ccc2c(c1)CCCN2. The molecule has 0 spiro atoms. The van der Waals surface area contributed by atoms with E-state index in [1.54, 1.807) is 7.11 Å². The highest BCUT2D eigenvalue weighted by atomic mass is 16.5. The van der Waals surface area contributed by atoms with Crippen LogP contribution in [0.1, 0.15) is 18.4 Å². The van der Waals surface area contributed by atoms with Gasteiger partial charge in [-0.2, -0.15) is 0 Å². The Labute approximate surface area is 113 Å². The van der Waals surface area contributed by atoms with Gasteiger partial charge in [0.2, 0.25) is 5.91 Å². The normalized spacial score (nSPS) is 15.3. The van der Waals surface area contributed by atoms with E-state index < -0.39 is 0 Å². The van der Waals surface area contributed by atoms with Crippen molar-refractivity contribution in [3.05, 3.63) is 23.8 Å². The molecule has 1 atom stereocenters. The summed E-state index contributed by atoms with van der Waals surface area (Å²) in [5.74, 6) is -0.0685.